The molecule has 4 rings (SSSR count). The van der Waals surface area contributed by atoms with Crippen molar-refractivity contribution < 1.29 is 0 Å². The van der Waals surface area contributed by atoms with Crippen LogP contribution in [0, 0.1) is 13.8 Å². The number of hydrogen-bond acceptors (Lipinski definition) is 1. The summed E-state index contributed by atoms with van der Waals surface area (Å²) >= 11 is 6.19. The van der Waals surface area contributed by atoms with Gasteiger partial charge in [-0.3, -0.25) is 0 Å². The van der Waals surface area contributed by atoms with Crippen molar-refractivity contribution in [3.8, 4) is 0 Å². The molecule has 0 amide bonds. The van der Waals surface area contributed by atoms with E-state index in [1.165, 1.54) is 11.1 Å². The molecule has 1 aromatic heterocycles. The molecule has 0 saturated heterocycles. The van der Waals surface area contributed by atoms with Gasteiger partial charge in [-0.2, -0.15) is 0 Å². The van der Waals surface area contributed by atoms with Crippen molar-refractivity contribution in [3.05, 3.63) is 99.8 Å². The summed E-state index contributed by atoms with van der Waals surface area (Å²) in [4.78, 5) is 4.89. The normalized spacial score (nSPS) is 11.5. The third kappa shape index (κ3) is 3.81. The van der Waals surface area contributed by atoms with Crippen LogP contribution in [0.15, 0.2) is 66.7 Å². The number of benzene rings is 3. The monoisotopic (exact) mass is 372 g/mol. The van der Waals surface area contributed by atoms with Gasteiger partial charge in [0.2, 0.25) is 0 Å². The molecule has 0 aliphatic carbocycles. The fourth-order valence-electron chi connectivity index (χ4n) is 3.24. The average molecular weight is 373 g/mol. The van der Waals surface area contributed by atoms with Crippen LogP contribution in [0.3, 0.4) is 0 Å². The second kappa shape index (κ2) is 7.42. The van der Waals surface area contributed by atoms with Crippen LogP contribution >= 0.6 is 11.6 Å². The molecule has 0 atom stereocenters. The van der Waals surface area contributed by atoms with E-state index in [-0.39, 0.29) is 0 Å². The van der Waals surface area contributed by atoms with Crippen molar-refractivity contribution in [2.75, 3.05) is 0 Å². The Labute approximate surface area is 164 Å². The van der Waals surface area contributed by atoms with Gasteiger partial charge in [0.1, 0.15) is 5.82 Å². The lowest BCUT2D eigenvalue weighted by Crippen LogP contribution is -2.02. The second-order valence-electron chi connectivity index (χ2n) is 6.86. The molecule has 27 heavy (non-hydrogen) atoms. The molecule has 4 aromatic rings. The highest BCUT2D eigenvalue weighted by atomic mass is 35.5. The maximum absolute atomic E-state index is 6.19. The number of aryl methyl sites for hydroxylation is 2. The second-order valence-corrected chi connectivity index (χ2v) is 7.29. The van der Waals surface area contributed by atoms with E-state index in [9.17, 15) is 0 Å². The lowest BCUT2D eigenvalue weighted by Gasteiger charge is -2.09. The van der Waals surface area contributed by atoms with E-state index in [1.807, 2.05) is 36.4 Å². The van der Waals surface area contributed by atoms with E-state index in [4.69, 9.17) is 16.6 Å². The third-order valence-corrected chi connectivity index (χ3v) is 5.08. The SMILES string of the molecule is Cc1cc2nc(/C=C/c3ccccc3)n(Cc3cccc(Cl)c3)c2cc1C. The summed E-state index contributed by atoms with van der Waals surface area (Å²) in [5.74, 6) is 0.943. The van der Waals surface area contributed by atoms with Crippen molar-refractivity contribution >= 4 is 34.8 Å². The number of imidazole rings is 1. The lowest BCUT2D eigenvalue weighted by molar-refractivity contribution is 0.813. The number of nitrogens with zero attached hydrogens (tertiary/aromatic N) is 2. The molecule has 2 nitrogen and oxygen atoms in total. The van der Waals surface area contributed by atoms with Crippen molar-refractivity contribution in [2.24, 2.45) is 0 Å². The first-order chi connectivity index (χ1) is 13.1. The Hall–Kier alpha value is -2.84. The van der Waals surface area contributed by atoms with Gasteiger partial charge in [0.25, 0.3) is 0 Å². The zero-order valence-corrected chi connectivity index (χ0v) is 16.2. The fourth-order valence-corrected chi connectivity index (χ4v) is 3.46. The highest BCUT2D eigenvalue weighted by Crippen LogP contribution is 2.24. The van der Waals surface area contributed by atoms with Crippen LogP contribution in [-0.2, 0) is 6.54 Å². The zero-order valence-electron chi connectivity index (χ0n) is 15.5. The fraction of sp³-hybridized carbons (Fsp3) is 0.125. The number of halogens is 1. The van der Waals surface area contributed by atoms with Crippen molar-refractivity contribution in [3.63, 3.8) is 0 Å². The van der Waals surface area contributed by atoms with Crippen LogP contribution in [0.5, 0.6) is 0 Å². The summed E-state index contributed by atoms with van der Waals surface area (Å²) in [7, 11) is 0. The molecule has 1 heterocycles. The van der Waals surface area contributed by atoms with Gasteiger partial charge in [-0.05, 0) is 66.4 Å². The predicted octanol–water partition coefficient (Wildman–Crippen LogP) is 6.53. The Balaban J connectivity index is 1.82. The third-order valence-electron chi connectivity index (χ3n) is 4.85. The molecular weight excluding hydrogens is 352 g/mol. The first-order valence-electron chi connectivity index (χ1n) is 9.05. The van der Waals surface area contributed by atoms with Crippen LogP contribution in [-0.4, -0.2) is 9.55 Å². The Bertz CT molecular complexity index is 1120. The molecule has 0 aliphatic rings. The molecule has 0 fully saturated rings. The van der Waals surface area contributed by atoms with Crippen LogP contribution in [0.2, 0.25) is 5.02 Å². The molecule has 134 valence electrons. The summed E-state index contributed by atoms with van der Waals surface area (Å²) < 4.78 is 2.26. The molecule has 0 spiro atoms. The topological polar surface area (TPSA) is 17.8 Å². The number of rotatable bonds is 4. The highest BCUT2D eigenvalue weighted by molar-refractivity contribution is 6.30. The zero-order chi connectivity index (χ0) is 18.8. The molecule has 0 aliphatic heterocycles. The first kappa shape index (κ1) is 17.6. The van der Waals surface area contributed by atoms with Gasteiger partial charge in [-0.25, -0.2) is 4.98 Å². The van der Waals surface area contributed by atoms with E-state index in [1.54, 1.807) is 0 Å². The van der Waals surface area contributed by atoms with Crippen molar-refractivity contribution in [1.29, 1.82) is 0 Å². The first-order valence-corrected chi connectivity index (χ1v) is 9.43. The van der Waals surface area contributed by atoms with E-state index in [0.29, 0.717) is 0 Å². The summed E-state index contributed by atoms with van der Waals surface area (Å²) in [6, 6.07) is 22.7. The smallest absolute Gasteiger partial charge is 0.134 e. The number of aromatic nitrogens is 2. The number of hydrogen-bond donors (Lipinski definition) is 0. The van der Waals surface area contributed by atoms with Gasteiger partial charge < -0.3 is 4.57 Å². The van der Waals surface area contributed by atoms with Crippen LogP contribution in [0.1, 0.15) is 28.1 Å². The largest absolute Gasteiger partial charge is 0.320 e. The molecule has 0 N–H and O–H groups in total. The van der Waals surface area contributed by atoms with E-state index in [2.05, 4.69) is 60.9 Å². The summed E-state index contributed by atoms with van der Waals surface area (Å²) in [6.07, 6.45) is 4.19. The molecule has 0 bridgehead atoms. The van der Waals surface area contributed by atoms with Crippen molar-refractivity contribution in [1.82, 2.24) is 9.55 Å². The van der Waals surface area contributed by atoms with Crippen molar-refractivity contribution in [2.45, 2.75) is 20.4 Å². The minimum atomic E-state index is 0.730. The summed E-state index contributed by atoms with van der Waals surface area (Å²) in [6.45, 7) is 5.00. The minimum absolute atomic E-state index is 0.730. The molecule has 3 aromatic carbocycles. The quantitative estimate of drug-likeness (QED) is 0.398. The van der Waals surface area contributed by atoms with E-state index in [0.717, 1.165) is 39.6 Å². The molecule has 0 unspecified atom stereocenters. The minimum Gasteiger partial charge on any atom is -0.320 e. The van der Waals surface area contributed by atoms with Gasteiger partial charge in [-0.1, -0.05) is 60.1 Å². The Kier molecular flexibility index (Phi) is 4.83. The number of fused-ring (bicyclic) bond motifs is 1. The Morgan fingerprint density at radius 2 is 1.67 bits per heavy atom. The van der Waals surface area contributed by atoms with Gasteiger partial charge in [0.05, 0.1) is 11.0 Å². The lowest BCUT2D eigenvalue weighted by atomic mass is 10.1. The maximum Gasteiger partial charge on any atom is 0.134 e. The van der Waals surface area contributed by atoms with Gasteiger partial charge >= 0.3 is 0 Å². The van der Waals surface area contributed by atoms with Gasteiger partial charge in [-0.15, -0.1) is 0 Å². The standard InChI is InChI=1S/C24H21ClN2/c1-17-13-22-23(14-18(17)2)27(16-20-9-6-10-21(25)15-20)24(26-22)12-11-19-7-4-3-5-8-19/h3-15H,16H2,1-2H3/b12-11+. The van der Waals surface area contributed by atoms with E-state index >= 15 is 0 Å². The van der Waals surface area contributed by atoms with E-state index < -0.39 is 0 Å². The van der Waals surface area contributed by atoms with Crippen LogP contribution < -0.4 is 0 Å². The highest BCUT2D eigenvalue weighted by Gasteiger charge is 2.11. The maximum atomic E-state index is 6.19. The summed E-state index contributed by atoms with van der Waals surface area (Å²) in [5.41, 5.74) is 7.01. The average Bonchev–Trinajstić information content (AvgIpc) is 2.98. The van der Waals surface area contributed by atoms with Crippen LogP contribution in [0.4, 0.5) is 0 Å². The predicted molar refractivity (Wildman–Crippen MR) is 115 cm³/mol. The summed E-state index contributed by atoms with van der Waals surface area (Å²) in [5, 5.41) is 0.755. The Morgan fingerprint density at radius 1 is 0.889 bits per heavy atom. The van der Waals surface area contributed by atoms with Gasteiger partial charge in [0, 0.05) is 11.6 Å². The Morgan fingerprint density at radius 3 is 2.44 bits per heavy atom. The molecule has 0 saturated carbocycles. The van der Waals surface area contributed by atoms with Gasteiger partial charge in [0.15, 0.2) is 0 Å². The van der Waals surface area contributed by atoms with Crippen LogP contribution in [0.25, 0.3) is 23.2 Å². The molecule has 3 heteroatoms. The molecule has 0 radical (unpaired) electrons. The molecular formula is C24H21ClN2.